The van der Waals surface area contributed by atoms with Crippen molar-refractivity contribution in [2.75, 3.05) is 7.11 Å². The van der Waals surface area contributed by atoms with Crippen LogP contribution in [-0.4, -0.2) is 23.0 Å². The molecule has 0 saturated heterocycles. The van der Waals surface area contributed by atoms with E-state index in [0.29, 0.717) is 16.7 Å². The summed E-state index contributed by atoms with van der Waals surface area (Å²) in [6, 6.07) is 11.1. The van der Waals surface area contributed by atoms with Crippen LogP contribution in [0.25, 0.3) is 10.9 Å². The van der Waals surface area contributed by atoms with Gasteiger partial charge in [-0.15, -0.1) is 0 Å². The predicted octanol–water partition coefficient (Wildman–Crippen LogP) is 5.33. The number of aromatic nitrogens is 2. The second kappa shape index (κ2) is 8.35. The SMILES string of the molecule is CC[C@H](C)c1nc2ccc(Br)cc2c(=O)n1N=Cc1ccc(OC)c(Br)c1. The highest BCUT2D eigenvalue weighted by molar-refractivity contribution is 9.10. The minimum absolute atomic E-state index is 0.102. The zero-order chi connectivity index (χ0) is 19.6. The molecule has 0 bridgehead atoms. The average Bonchev–Trinajstić information content (AvgIpc) is 2.67. The van der Waals surface area contributed by atoms with Crippen LogP contribution in [0.5, 0.6) is 5.75 Å². The first kappa shape index (κ1) is 19.8. The molecule has 0 aliphatic rings. The van der Waals surface area contributed by atoms with E-state index in [-0.39, 0.29) is 11.5 Å². The molecule has 0 amide bonds. The zero-order valence-corrected chi connectivity index (χ0v) is 18.4. The predicted molar refractivity (Wildman–Crippen MR) is 116 cm³/mol. The highest BCUT2D eigenvalue weighted by atomic mass is 79.9. The summed E-state index contributed by atoms with van der Waals surface area (Å²) in [6.45, 7) is 4.11. The quantitative estimate of drug-likeness (QED) is 0.452. The summed E-state index contributed by atoms with van der Waals surface area (Å²) in [4.78, 5) is 17.8. The summed E-state index contributed by atoms with van der Waals surface area (Å²) < 4.78 is 8.31. The van der Waals surface area contributed by atoms with E-state index in [1.807, 2.05) is 37.3 Å². The van der Waals surface area contributed by atoms with Crippen LogP contribution in [0.4, 0.5) is 0 Å². The number of benzene rings is 2. The average molecular weight is 493 g/mol. The van der Waals surface area contributed by atoms with E-state index >= 15 is 0 Å². The van der Waals surface area contributed by atoms with Crippen molar-refractivity contribution in [3.05, 3.63) is 67.1 Å². The number of rotatable bonds is 5. The maximum atomic E-state index is 13.1. The van der Waals surface area contributed by atoms with E-state index in [4.69, 9.17) is 9.72 Å². The Hall–Kier alpha value is -1.99. The fourth-order valence-corrected chi connectivity index (χ4v) is 3.59. The van der Waals surface area contributed by atoms with Gasteiger partial charge in [0.2, 0.25) is 0 Å². The number of methoxy groups -OCH3 is 1. The van der Waals surface area contributed by atoms with Crippen LogP contribution >= 0.6 is 31.9 Å². The van der Waals surface area contributed by atoms with Crippen LogP contribution in [0, 0.1) is 0 Å². The third-order valence-corrected chi connectivity index (χ3v) is 5.50. The summed E-state index contributed by atoms with van der Waals surface area (Å²) in [5.74, 6) is 1.49. The van der Waals surface area contributed by atoms with Crippen LogP contribution in [0.1, 0.15) is 37.6 Å². The molecular formula is C20H19Br2N3O2. The molecule has 1 atom stereocenters. The van der Waals surface area contributed by atoms with Crippen LogP contribution in [0.2, 0.25) is 0 Å². The normalized spacial score (nSPS) is 12.6. The van der Waals surface area contributed by atoms with Gasteiger partial charge in [0.25, 0.3) is 5.56 Å². The summed E-state index contributed by atoms with van der Waals surface area (Å²) in [6.07, 6.45) is 2.51. The molecule has 0 fully saturated rings. The number of halogens is 2. The van der Waals surface area contributed by atoms with Gasteiger partial charge in [0, 0.05) is 10.4 Å². The Morgan fingerprint density at radius 3 is 2.70 bits per heavy atom. The Kier molecular flexibility index (Phi) is 6.11. The zero-order valence-electron chi connectivity index (χ0n) is 15.2. The monoisotopic (exact) mass is 491 g/mol. The van der Waals surface area contributed by atoms with Gasteiger partial charge in [-0.05, 0) is 64.3 Å². The Morgan fingerprint density at radius 1 is 1.26 bits per heavy atom. The lowest BCUT2D eigenvalue weighted by molar-refractivity contribution is 0.412. The van der Waals surface area contributed by atoms with Crippen molar-refractivity contribution in [2.24, 2.45) is 5.10 Å². The second-order valence-electron chi connectivity index (χ2n) is 6.20. The minimum Gasteiger partial charge on any atom is -0.496 e. The highest BCUT2D eigenvalue weighted by Gasteiger charge is 2.15. The first-order chi connectivity index (χ1) is 12.9. The van der Waals surface area contributed by atoms with Crippen LogP contribution in [0.3, 0.4) is 0 Å². The van der Waals surface area contributed by atoms with Gasteiger partial charge >= 0.3 is 0 Å². The smallest absolute Gasteiger partial charge is 0.282 e. The van der Waals surface area contributed by atoms with Crippen molar-refractivity contribution < 1.29 is 4.74 Å². The standard InChI is InChI=1S/C20H19Br2N3O2/c1-4-12(2)19-24-17-7-6-14(21)10-15(17)20(26)25(19)23-11-13-5-8-18(27-3)16(22)9-13/h5-12H,4H2,1-3H3/t12-/m0/s1. The van der Waals surface area contributed by atoms with Crippen molar-refractivity contribution in [2.45, 2.75) is 26.2 Å². The van der Waals surface area contributed by atoms with E-state index in [1.165, 1.54) is 4.68 Å². The lowest BCUT2D eigenvalue weighted by Gasteiger charge is -2.14. The van der Waals surface area contributed by atoms with Crippen molar-refractivity contribution in [3.63, 3.8) is 0 Å². The maximum absolute atomic E-state index is 13.1. The number of nitrogens with zero attached hydrogens (tertiary/aromatic N) is 3. The maximum Gasteiger partial charge on any atom is 0.282 e. The summed E-state index contributed by atoms with van der Waals surface area (Å²) in [7, 11) is 1.62. The summed E-state index contributed by atoms with van der Waals surface area (Å²) in [5.41, 5.74) is 1.34. The fourth-order valence-electron chi connectivity index (χ4n) is 2.67. The molecule has 1 aromatic heterocycles. The first-order valence-corrected chi connectivity index (χ1v) is 10.1. The molecule has 0 saturated carbocycles. The van der Waals surface area contributed by atoms with Crippen molar-refractivity contribution in [1.82, 2.24) is 9.66 Å². The third kappa shape index (κ3) is 4.14. The third-order valence-electron chi connectivity index (χ3n) is 4.38. The number of hydrogen-bond donors (Lipinski definition) is 0. The highest BCUT2D eigenvalue weighted by Crippen LogP contribution is 2.25. The van der Waals surface area contributed by atoms with Gasteiger partial charge in [0.15, 0.2) is 0 Å². The van der Waals surface area contributed by atoms with E-state index in [1.54, 1.807) is 19.4 Å². The van der Waals surface area contributed by atoms with Gasteiger partial charge in [-0.1, -0.05) is 29.8 Å². The van der Waals surface area contributed by atoms with E-state index in [2.05, 4.69) is 43.9 Å². The van der Waals surface area contributed by atoms with E-state index < -0.39 is 0 Å². The fraction of sp³-hybridized carbons (Fsp3) is 0.250. The van der Waals surface area contributed by atoms with Crippen LogP contribution in [0.15, 0.2) is 55.2 Å². The number of ether oxygens (including phenoxy) is 1. The van der Waals surface area contributed by atoms with Gasteiger partial charge < -0.3 is 4.74 Å². The van der Waals surface area contributed by atoms with Gasteiger partial charge in [0.05, 0.1) is 28.7 Å². The van der Waals surface area contributed by atoms with Gasteiger partial charge in [0.1, 0.15) is 11.6 Å². The molecule has 0 radical (unpaired) electrons. The molecule has 140 valence electrons. The number of hydrogen-bond acceptors (Lipinski definition) is 4. The molecule has 2 aromatic carbocycles. The van der Waals surface area contributed by atoms with Crippen molar-refractivity contribution >= 4 is 49.0 Å². The molecule has 0 unspecified atom stereocenters. The Balaban J connectivity index is 2.15. The second-order valence-corrected chi connectivity index (χ2v) is 7.97. The molecule has 0 N–H and O–H groups in total. The summed E-state index contributed by atoms with van der Waals surface area (Å²) >= 11 is 6.88. The Morgan fingerprint density at radius 2 is 2.04 bits per heavy atom. The molecule has 27 heavy (non-hydrogen) atoms. The molecule has 0 aliphatic heterocycles. The van der Waals surface area contributed by atoms with Crippen molar-refractivity contribution in [1.29, 1.82) is 0 Å². The molecular weight excluding hydrogens is 474 g/mol. The lowest BCUT2D eigenvalue weighted by atomic mass is 10.1. The van der Waals surface area contributed by atoms with Gasteiger partial charge in [-0.2, -0.15) is 9.78 Å². The molecule has 1 heterocycles. The molecule has 5 nitrogen and oxygen atoms in total. The molecule has 0 aliphatic carbocycles. The minimum atomic E-state index is -0.180. The molecule has 3 aromatic rings. The van der Waals surface area contributed by atoms with Crippen LogP contribution < -0.4 is 10.3 Å². The molecule has 0 spiro atoms. The number of fused-ring (bicyclic) bond motifs is 1. The van der Waals surface area contributed by atoms with Crippen LogP contribution in [-0.2, 0) is 0 Å². The Bertz CT molecular complexity index is 1080. The van der Waals surface area contributed by atoms with Crippen molar-refractivity contribution in [3.8, 4) is 5.75 Å². The molecule has 3 rings (SSSR count). The van der Waals surface area contributed by atoms with Gasteiger partial charge in [-0.25, -0.2) is 4.98 Å². The summed E-state index contributed by atoms with van der Waals surface area (Å²) in [5, 5.41) is 4.99. The topological polar surface area (TPSA) is 56.5 Å². The molecule has 7 heteroatoms. The lowest BCUT2D eigenvalue weighted by Crippen LogP contribution is -2.23. The van der Waals surface area contributed by atoms with E-state index in [9.17, 15) is 4.79 Å². The largest absolute Gasteiger partial charge is 0.496 e. The van der Waals surface area contributed by atoms with E-state index in [0.717, 1.165) is 26.7 Å². The first-order valence-electron chi connectivity index (χ1n) is 8.54. The van der Waals surface area contributed by atoms with Gasteiger partial charge in [-0.3, -0.25) is 4.79 Å². The Labute approximate surface area is 174 Å².